The van der Waals surface area contributed by atoms with E-state index in [1.807, 2.05) is 13.0 Å². The Balaban J connectivity index is 1.86. The zero-order chi connectivity index (χ0) is 23.3. The van der Waals surface area contributed by atoms with Gasteiger partial charge in [0.25, 0.3) is 0 Å². The molecular weight excluding hydrogens is 438 g/mol. The first-order chi connectivity index (χ1) is 15.3. The Hall–Kier alpha value is -3.52. The molecule has 0 unspecified atom stereocenters. The van der Waals surface area contributed by atoms with Crippen LogP contribution in [-0.2, 0) is 14.3 Å². The molecule has 0 fully saturated rings. The van der Waals surface area contributed by atoms with E-state index >= 15 is 0 Å². The van der Waals surface area contributed by atoms with Crippen LogP contribution in [-0.4, -0.2) is 38.7 Å². The fourth-order valence-electron chi connectivity index (χ4n) is 2.99. The number of fused-ring (bicyclic) bond motifs is 1. The predicted octanol–water partition coefficient (Wildman–Crippen LogP) is 3.49. The van der Waals surface area contributed by atoms with Gasteiger partial charge in [0.1, 0.15) is 23.9 Å². The Morgan fingerprint density at radius 2 is 1.94 bits per heavy atom. The van der Waals surface area contributed by atoms with E-state index in [4.69, 9.17) is 25.5 Å². The molecule has 0 bridgehead atoms. The van der Waals surface area contributed by atoms with Gasteiger partial charge in [0.15, 0.2) is 11.0 Å². The van der Waals surface area contributed by atoms with Crippen LogP contribution in [0, 0.1) is 6.92 Å². The van der Waals surface area contributed by atoms with Gasteiger partial charge >= 0.3 is 11.9 Å². The van der Waals surface area contributed by atoms with E-state index < -0.39 is 11.9 Å². The third-order valence-corrected chi connectivity index (χ3v) is 4.78. The second-order valence-corrected chi connectivity index (χ2v) is 7.19. The van der Waals surface area contributed by atoms with Crippen molar-refractivity contribution in [1.29, 1.82) is 0 Å². The number of aryl methyl sites for hydroxylation is 1. The molecule has 3 aromatic rings. The maximum absolute atomic E-state index is 12.7. The minimum Gasteiger partial charge on any atom is -0.497 e. The summed E-state index contributed by atoms with van der Waals surface area (Å²) in [5.74, 6) is -0.616. The minimum absolute atomic E-state index is 0.0807. The first kappa shape index (κ1) is 23.1. The number of rotatable bonds is 7. The molecule has 168 valence electrons. The van der Waals surface area contributed by atoms with E-state index in [-0.39, 0.29) is 41.6 Å². The van der Waals surface area contributed by atoms with Crippen LogP contribution in [0.15, 0.2) is 45.6 Å². The molecule has 32 heavy (non-hydrogen) atoms. The van der Waals surface area contributed by atoms with Crippen molar-refractivity contribution >= 4 is 34.4 Å². The number of hydrogen-bond acceptors (Lipinski definition) is 7. The van der Waals surface area contributed by atoms with Gasteiger partial charge in [-0.3, -0.25) is 9.59 Å². The molecule has 0 aliphatic rings. The van der Waals surface area contributed by atoms with Crippen molar-refractivity contribution in [1.82, 2.24) is 5.32 Å². The van der Waals surface area contributed by atoms with Gasteiger partial charge < -0.3 is 23.9 Å². The van der Waals surface area contributed by atoms with Crippen LogP contribution in [0.3, 0.4) is 0 Å². The Labute approximate surface area is 189 Å². The number of methoxy groups -OCH3 is 1. The smallest absolute Gasteiger partial charge is 0.396 e. The molecular formula is C23H22ClNO7. The molecule has 0 aliphatic heterocycles. The summed E-state index contributed by atoms with van der Waals surface area (Å²) in [7, 11) is 1.48. The number of amides is 1. The number of carbonyl (C=O) groups excluding carboxylic acids is 2. The number of halogens is 1. The van der Waals surface area contributed by atoms with Crippen molar-refractivity contribution in [2.24, 2.45) is 0 Å². The average Bonchev–Trinajstić information content (AvgIpc) is 2.77. The number of hydrogen-bond donors (Lipinski definition) is 1. The first-order valence-corrected chi connectivity index (χ1v) is 10.2. The van der Waals surface area contributed by atoms with Crippen LogP contribution in [0.4, 0.5) is 0 Å². The number of benzene rings is 2. The summed E-state index contributed by atoms with van der Waals surface area (Å²) in [6.45, 7) is 3.78. The normalized spacial score (nSPS) is 10.6. The van der Waals surface area contributed by atoms with E-state index in [9.17, 15) is 14.4 Å². The highest BCUT2D eigenvalue weighted by Gasteiger charge is 2.16. The summed E-state index contributed by atoms with van der Waals surface area (Å²) in [5, 5.41) is 2.97. The van der Waals surface area contributed by atoms with Gasteiger partial charge in [-0.2, -0.15) is 0 Å². The van der Waals surface area contributed by atoms with Crippen LogP contribution in [0.25, 0.3) is 22.3 Å². The molecule has 2 aromatic carbocycles. The molecule has 1 heterocycles. The standard InChI is InChI=1S/C23H22ClNO7/c1-4-30-23(28)22(27)25-7-8-31-19-9-13(2)5-6-15(19)20-12-18(26)16-10-14(29-3)11-17(24)21(16)32-20/h5-6,9-12H,4,7-8H2,1-3H3,(H,25,27). The van der Waals surface area contributed by atoms with Crippen molar-refractivity contribution in [2.45, 2.75) is 13.8 Å². The molecule has 1 amide bonds. The van der Waals surface area contributed by atoms with Crippen molar-refractivity contribution < 1.29 is 28.2 Å². The maximum atomic E-state index is 12.7. The Morgan fingerprint density at radius 1 is 1.16 bits per heavy atom. The Bertz CT molecular complexity index is 1220. The molecule has 1 aromatic heterocycles. The summed E-state index contributed by atoms with van der Waals surface area (Å²) in [6.07, 6.45) is 0. The van der Waals surface area contributed by atoms with Crippen LogP contribution in [0.2, 0.25) is 5.02 Å². The lowest BCUT2D eigenvalue weighted by molar-refractivity contribution is -0.154. The third kappa shape index (κ3) is 5.20. The van der Waals surface area contributed by atoms with Crippen LogP contribution >= 0.6 is 11.6 Å². The van der Waals surface area contributed by atoms with Crippen molar-refractivity contribution in [3.8, 4) is 22.8 Å². The van der Waals surface area contributed by atoms with E-state index in [1.54, 1.807) is 31.2 Å². The topological polar surface area (TPSA) is 104 Å². The van der Waals surface area contributed by atoms with E-state index in [0.29, 0.717) is 22.4 Å². The Kier molecular flexibility index (Phi) is 7.37. The van der Waals surface area contributed by atoms with Crippen molar-refractivity contribution in [3.05, 3.63) is 57.2 Å². The second-order valence-electron chi connectivity index (χ2n) is 6.79. The highest BCUT2D eigenvalue weighted by Crippen LogP contribution is 2.34. The van der Waals surface area contributed by atoms with Gasteiger partial charge in [-0.1, -0.05) is 17.7 Å². The van der Waals surface area contributed by atoms with Crippen molar-refractivity contribution in [2.75, 3.05) is 26.9 Å². The SMILES string of the molecule is CCOC(=O)C(=O)NCCOc1cc(C)ccc1-c1cc(=O)c2cc(OC)cc(Cl)c2o1. The lowest BCUT2D eigenvalue weighted by Gasteiger charge is -2.13. The van der Waals surface area contributed by atoms with Gasteiger partial charge in [-0.25, -0.2) is 4.79 Å². The molecule has 0 spiro atoms. The molecule has 0 saturated carbocycles. The predicted molar refractivity (Wildman–Crippen MR) is 119 cm³/mol. The Morgan fingerprint density at radius 3 is 2.66 bits per heavy atom. The highest BCUT2D eigenvalue weighted by molar-refractivity contribution is 6.35. The molecule has 0 saturated heterocycles. The average molecular weight is 460 g/mol. The van der Waals surface area contributed by atoms with E-state index in [2.05, 4.69) is 10.1 Å². The van der Waals surface area contributed by atoms with Crippen LogP contribution < -0.4 is 20.2 Å². The number of nitrogens with one attached hydrogen (secondary N) is 1. The molecule has 1 N–H and O–H groups in total. The molecule has 0 radical (unpaired) electrons. The van der Waals surface area contributed by atoms with Gasteiger partial charge in [-0.05, 0) is 37.6 Å². The first-order valence-electron chi connectivity index (χ1n) is 9.84. The second kappa shape index (κ2) is 10.2. The molecule has 9 heteroatoms. The monoisotopic (exact) mass is 459 g/mol. The van der Waals surface area contributed by atoms with Crippen LogP contribution in [0.1, 0.15) is 12.5 Å². The zero-order valence-electron chi connectivity index (χ0n) is 17.8. The minimum atomic E-state index is -0.949. The van der Waals surface area contributed by atoms with Gasteiger partial charge in [0.05, 0.1) is 36.2 Å². The van der Waals surface area contributed by atoms with Crippen LogP contribution in [0.5, 0.6) is 11.5 Å². The number of esters is 1. The highest BCUT2D eigenvalue weighted by atomic mass is 35.5. The third-order valence-electron chi connectivity index (χ3n) is 4.50. The van der Waals surface area contributed by atoms with Gasteiger partial charge in [0, 0.05) is 12.1 Å². The summed E-state index contributed by atoms with van der Waals surface area (Å²) in [6, 6.07) is 9.89. The summed E-state index contributed by atoms with van der Waals surface area (Å²) in [5.41, 5.74) is 1.42. The number of ether oxygens (including phenoxy) is 3. The summed E-state index contributed by atoms with van der Waals surface area (Å²) in [4.78, 5) is 35.7. The molecule has 0 aliphatic carbocycles. The fourth-order valence-corrected chi connectivity index (χ4v) is 3.24. The summed E-state index contributed by atoms with van der Waals surface area (Å²) >= 11 is 6.30. The zero-order valence-corrected chi connectivity index (χ0v) is 18.6. The van der Waals surface area contributed by atoms with Crippen molar-refractivity contribution in [3.63, 3.8) is 0 Å². The number of carbonyl (C=O) groups is 2. The molecule has 0 atom stereocenters. The largest absolute Gasteiger partial charge is 0.497 e. The quantitative estimate of drug-likeness (QED) is 0.327. The lowest BCUT2D eigenvalue weighted by atomic mass is 10.1. The summed E-state index contributed by atoms with van der Waals surface area (Å²) < 4.78 is 21.5. The molecule has 8 nitrogen and oxygen atoms in total. The maximum Gasteiger partial charge on any atom is 0.396 e. The van der Waals surface area contributed by atoms with Gasteiger partial charge in [-0.15, -0.1) is 0 Å². The van der Waals surface area contributed by atoms with Gasteiger partial charge in [0.2, 0.25) is 0 Å². The van der Waals surface area contributed by atoms with E-state index in [0.717, 1.165) is 5.56 Å². The van der Waals surface area contributed by atoms with E-state index in [1.165, 1.54) is 13.2 Å². The fraction of sp³-hybridized carbons (Fsp3) is 0.261. The molecule has 3 rings (SSSR count). The lowest BCUT2D eigenvalue weighted by Crippen LogP contribution is -2.35.